The van der Waals surface area contributed by atoms with Gasteiger partial charge in [-0.25, -0.2) is 0 Å². The first kappa shape index (κ1) is 11.5. The van der Waals surface area contributed by atoms with E-state index in [1.54, 1.807) is 0 Å². The smallest absolute Gasteiger partial charge is 0.0521 e. The molecule has 3 nitrogen and oxygen atoms in total. The zero-order valence-corrected chi connectivity index (χ0v) is 8.40. The molecule has 0 saturated heterocycles. The van der Waals surface area contributed by atoms with Crippen molar-refractivity contribution >= 4 is 12.4 Å². The van der Waals surface area contributed by atoms with Crippen LogP contribution in [-0.2, 0) is 13.1 Å². The minimum Gasteiger partial charge on any atom is -0.311 e. The standard InChI is InChI=1S/C8H15N3.ClH/c1-3-9-7-8-5-6-10-11(8)4-2;/h5-6,9H,3-4,7H2,1-2H3;1H. The molecule has 70 valence electrons. The molecule has 0 saturated carbocycles. The third-order valence-electron chi connectivity index (χ3n) is 1.66. The lowest BCUT2D eigenvalue weighted by Gasteiger charge is -2.03. The van der Waals surface area contributed by atoms with E-state index in [0.717, 1.165) is 19.6 Å². The van der Waals surface area contributed by atoms with Crippen LogP contribution >= 0.6 is 12.4 Å². The fourth-order valence-electron chi connectivity index (χ4n) is 1.05. The third-order valence-corrected chi connectivity index (χ3v) is 1.66. The van der Waals surface area contributed by atoms with Gasteiger partial charge < -0.3 is 5.32 Å². The SMILES string of the molecule is CCNCc1ccnn1CC.Cl. The van der Waals surface area contributed by atoms with Crippen LogP contribution < -0.4 is 5.32 Å². The quantitative estimate of drug-likeness (QED) is 0.777. The molecule has 1 aromatic heterocycles. The number of aryl methyl sites for hydroxylation is 1. The van der Waals surface area contributed by atoms with Crippen molar-refractivity contribution in [2.45, 2.75) is 26.9 Å². The van der Waals surface area contributed by atoms with Crippen molar-refractivity contribution in [3.05, 3.63) is 18.0 Å². The zero-order chi connectivity index (χ0) is 8.10. The molecule has 0 amide bonds. The first-order chi connectivity index (χ1) is 5.38. The molecule has 4 heteroatoms. The van der Waals surface area contributed by atoms with Gasteiger partial charge in [0, 0.05) is 19.3 Å². The number of halogens is 1. The average Bonchev–Trinajstić information content (AvgIpc) is 2.47. The topological polar surface area (TPSA) is 29.9 Å². The van der Waals surface area contributed by atoms with E-state index in [2.05, 4.69) is 24.3 Å². The molecule has 0 aliphatic heterocycles. The Hall–Kier alpha value is -0.540. The van der Waals surface area contributed by atoms with E-state index in [1.165, 1.54) is 5.69 Å². The summed E-state index contributed by atoms with van der Waals surface area (Å²) in [6.07, 6.45) is 1.84. The van der Waals surface area contributed by atoms with Crippen LogP contribution in [0.4, 0.5) is 0 Å². The largest absolute Gasteiger partial charge is 0.311 e. The molecule has 1 rings (SSSR count). The highest BCUT2D eigenvalue weighted by Crippen LogP contribution is 1.96. The number of nitrogens with zero attached hydrogens (tertiary/aromatic N) is 2. The molecule has 1 aromatic rings. The Morgan fingerprint density at radius 1 is 1.50 bits per heavy atom. The highest BCUT2D eigenvalue weighted by molar-refractivity contribution is 5.85. The maximum Gasteiger partial charge on any atom is 0.0521 e. The van der Waals surface area contributed by atoms with E-state index in [0.29, 0.717) is 0 Å². The Balaban J connectivity index is 0.00000121. The molecule has 0 aromatic carbocycles. The number of nitrogens with one attached hydrogen (secondary N) is 1. The lowest BCUT2D eigenvalue weighted by Crippen LogP contribution is -2.15. The van der Waals surface area contributed by atoms with E-state index in [9.17, 15) is 0 Å². The molecule has 0 unspecified atom stereocenters. The van der Waals surface area contributed by atoms with Gasteiger partial charge in [0.05, 0.1) is 5.69 Å². The lowest BCUT2D eigenvalue weighted by molar-refractivity contribution is 0.590. The summed E-state index contributed by atoms with van der Waals surface area (Å²) in [5.41, 5.74) is 1.26. The molecule has 0 spiro atoms. The van der Waals surface area contributed by atoms with Gasteiger partial charge in [0.25, 0.3) is 0 Å². The minimum absolute atomic E-state index is 0. The molecular formula is C8H16ClN3. The summed E-state index contributed by atoms with van der Waals surface area (Å²) >= 11 is 0. The number of hydrogen-bond donors (Lipinski definition) is 1. The highest BCUT2D eigenvalue weighted by Gasteiger charge is 1.97. The van der Waals surface area contributed by atoms with Gasteiger partial charge in [-0.05, 0) is 19.5 Å². The highest BCUT2D eigenvalue weighted by atomic mass is 35.5. The molecule has 1 heterocycles. The summed E-state index contributed by atoms with van der Waals surface area (Å²) in [5, 5.41) is 7.43. The van der Waals surface area contributed by atoms with Crippen LogP contribution in [0.15, 0.2) is 12.3 Å². The molecule has 0 atom stereocenters. The predicted molar refractivity (Wildman–Crippen MR) is 52.5 cm³/mol. The van der Waals surface area contributed by atoms with E-state index < -0.39 is 0 Å². The van der Waals surface area contributed by atoms with Gasteiger partial charge in [-0.3, -0.25) is 4.68 Å². The first-order valence-electron chi connectivity index (χ1n) is 4.09. The van der Waals surface area contributed by atoms with Gasteiger partial charge in [-0.15, -0.1) is 12.4 Å². The number of hydrogen-bond acceptors (Lipinski definition) is 2. The number of aromatic nitrogens is 2. The van der Waals surface area contributed by atoms with Gasteiger partial charge in [0.2, 0.25) is 0 Å². The van der Waals surface area contributed by atoms with Crippen LogP contribution in [0.5, 0.6) is 0 Å². The van der Waals surface area contributed by atoms with Gasteiger partial charge in [0.15, 0.2) is 0 Å². The van der Waals surface area contributed by atoms with Gasteiger partial charge in [0.1, 0.15) is 0 Å². The van der Waals surface area contributed by atoms with Crippen LogP contribution in [0, 0.1) is 0 Å². The van der Waals surface area contributed by atoms with Gasteiger partial charge in [-0.1, -0.05) is 6.92 Å². The molecule has 0 radical (unpaired) electrons. The zero-order valence-electron chi connectivity index (χ0n) is 7.58. The summed E-state index contributed by atoms with van der Waals surface area (Å²) in [6, 6.07) is 2.05. The van der Waals surface area contributed by atoms with Crippen molar-refractivity contribution in [3.8, 4) is 0 Å². The van der Waals surface area contributed by atoms with Crippen LogP contribution in [0.25, 0.3) is 0 Å². The maximum atomic E-state index is 4.16. The molecule has 0 fully saturated rings. The second-order valence-electron chi connectivity index (χ2n) is 2.42. The maximum absolute atomic E-state index is 4.16. The molecule has 12 heavy (non-hydrogen) atoms. The minimum atomic E-state index is 0. The molecule has 0 aliphatic carbocycles. The average molecular weight is 190 g/mol. The summed E-state index contributed by atoms with van der Waals surface area (Å²) in [7, 11) is 0. The van der Waals surface area contributed by atoms with E-state index >= 15 is 0 Å². The Labute approximate surface area is 79.6 Å². The van der Waals surface area contributed by atoms with Gasteiger partial charge in [-0.2, -0.15) is 5.10 Å². The normalized spacial score (nSPS) is 9.50. The van der Waals surface area contributed by atoms with E-state index in [-0.39, 0.29) is 12.4 Å². The third kappa shape index (κ3) is 2.83. The second kappa shape index (κ2) is 6.03. The Morgan fingerprint density at radius 3 is 2.83 bits per heavy atom. The fraction of sp³-hybridized carbons (Fsp3) is 0.625. The Bertz CT molecular complexity index is 210. The number of rotatable bonds is 4. The van der Waals surface area contributed by atoms with Crippen LogP contribution in [-0.4, -0.2) is 16.3 Å². The molecular weight excluding hydrogens is 174 g/mol. The van der Waals surface area contributed by atoms with E-state index in [4.69, 9.17) is 0 Å². The molecule has 1 N–H and O–H groups in total. The van der Waals surface area contributed by atoms with Crippen LogP contribution in [0.2, 0.25) is 0 Å². The van der Waals surface area contributed by atoms with Crippen molar-refractivity contribution in [2.75, 3.05) is 6.54 Å². The Morgan fingerprint density at radius 2 is 2.25 bits per heavy atom. The molecule has 0 aliphatic rings. The first-order valence-corrected chi connectivity index (χ1v) is 4.09. The summed E-state index contributed by atoms with van der Waals surface area (Å²) < 4.78 is 2.00. The van der Waals surface area contributed by atoms with Crippen molar-refractivity contribution < 1.29 is 0 Å². The van der Waals surface area contributed by atoms with Crippen molar-refractivity contribution in [3.63, 3.8) is 0 Å². The summed E-state index contributed by atoms with van der Waals surface area (Å²) in [6.45, 7) is 7.09. The van der Waals surface area contributed by atoms with Crippen molar-refractivity contribution in [2.24, 2.45) is 0 Å². The van der Waals surface area contributed by atoms with Crippen molar-refractivity contribution in [1.82, 2.24) is 15.1 Å². The Kier molecular flexibility index (Phi) is 5.76. The fourth-order valence-corrected chi connectivity index (χ4v) is 1.05. The molecule has 0 bridgehead atoms. The van der Waals surface area contributed by atoms with Crippen LogP contribution in [0.1, 0.15) is 19.5 Å². The summed E-state index contributed by atoms with van der Waals surface area (Å²) in [5.74, 6) is 0. The van der Waals surface area contributed by atoms with E-state index in [1.807, 2.05) is 16.9 Å². The van der Waals surface area contributed by atoms with Gasteiger partial charge >= 0.3 is 0 Å². The van der Waals surface area contributed by atoms with Crippen LogP contribution in [0.3, 0.4) is 0 Å². The van der Waals surface area contributed by atoms with Crippen molar-refractivity contribution in [1.29, 1.82) is 0 Å². The monoisotopic (exact) mass is 189 g/mol. The lowest BCUT2D eigenvalue weighted by atomic mass is 10.4. The summed E-state index contributed by atoms with van der Waals surface area (Å²) in [4.78, 5) is 0. The predicted octanol–water partition coefficient (Wildman–Crippen LogP) is 1.43. The second-order valence-corrected chi connectivity index (χ2v) is 2.42.